The van der Waals surface area contributed by atoms with Gasteiger partial charge in [-0.2, -0.15) is 13.2 Å². The summed E-state index contributed by atoms with van der Waals surface area (Å²) in [4.78, 5) is 19.9. The van der Waals surface area contributed by atoms with Crippen LogP contribution in [0.25, 0.3) is 0 Å². The van der Waals surface area contributed by atoms with Gasteiger partial charge in [-0.25, -0.2) is 9.97 Å². The topological polar surface area (TPSA) is 76.1 Å². The number of carbonyl (C=O) groups is 1. The highest BCUT2D eigenvalue weighted by molar-refractivity contribution is 6.03. The van der Waals surface area contributed by atoms with E-state index < -0.39 is 17.6 Å². The van der Waals surface area contributed by atoms with Crippen LogP contribution in [0.2, 0.25) is 0 Å². The molecule has 1 amide bonds. The first-order valence-electron chi connectivity index (χ1n) is 6.94. The predicted molar refractivity (Wildman–Crippen MR) is 81.8 cm³/mol. The summed E-state index contributed by atoms with van der Waals surface area (Å²) in [5, 5.41) is 5.13. The fourth-order valence-electron chi connectivity index (χ4n) is 1.88. The summed E-state index contributed by atoms with van der Waals surface area (Å²) in [6.07, 6.45) is -3.41. The van der Waals surface area contributed by atoms with Crippen LogP contribution in [0.1, 0.15) is 16.1 Å². The van der Waals surface area contributed by atoms with Crippen LogP contribution in [0, 0.1) is 0 Å². The molecule has 1 aromatic heterocycles. The van der Waals surface area contributed by atoms with Gasteiger partial charge in [0.1, 0.15) is 17.8 Å². The average molecular weight is 340 g/mol. The van der Waals surface area contributed by atoms with Crippen LogP contribution < -0.4 is 10.6 Å². The number of ether oxygens (including phenoxy) is 1. The molecule has 6 nitrogen and oxygen atoms in total. The molecule has 0 aliphatic heterocycles. The molecule has 1 heterocycles. The van der Waals surface area contributed by atoms with E-state index in [1.807, 2.05) is 0 Å². The van der Waals surface area contributed by atoms with Gasteiger partial charge in [0.05, 0.1) is 17.9 Å². The van der Waals surface area contributed by atoms with Gasteiger partial charge in [-0.3, -0.25) is 4.79 Å². The third-order valence-electron chi connectivity index (χ3n) is 2.99. The SMILES string of the molecule is COCCNc1cc(C(=O)Nc2ccccc2C(F)(F)F)ncn1. The molecule has 0 atom stereocenters. The second-order valence-corrected chi connectivity index (χ2v) is 4.71. The van der Waals surface area contributed by atoms with Crippen molar-refractivity contribution < 1.29 is 22.7 Å². The number of rotatable bonds is 6. The first-order chi connectivity index (χ1) is 11.4. The van der Waals surface area contributed by atoms with Gasteiger partial charge < -0.3 is 15.4 Å². The van der Waals surface area contributed by atoms with E-state index in [1.54, 1.807) is 7.11 Å². The van der Waals surface area contributed by atoms with E-state index in [4.69, 9.17) is 4.74 Å². The van der Waals surface area contributed by atoms with Crippen molar-refractivity contribution in [1.29, 1.82) is 0 Å². The smallest absolute Gasteiger partial charge is 0.383 e. The number of aromatic nitrogens is 2. The Morgan fingerprint density at radius 3 is 2.71 bits per heavy atom. The molecular formula is C15H15F3N4O2. The molecule has 0 aliphatic rings. The van der Waals surface area contributed by atoms with Gasteiger partial charge in [0.2, 0.25) is 0 Å². The van der Waals surface area contributed by atoms with Crippen molar-refractivity contribution in [2.45, 2.75) is 6.18 Å². The number of methoxy groups -OCH3 is 1. The van der Waals surface area contributed by atoms with Crippen LogP contribution in [0.3, 0.4) is 0 Å². The van der Waals surface area contributed by atoms with Crippen molar-refractivity contribution in [1.82, 2.24) is 9.97 Å². The average Bonchev–Trinajstić information content (AvgIpc) is 2.55. The number of anilines is 2. The molecule has 9 heteroatoms. The van der Waals surface area contributed by atoms with E-state index in [9.17, 15) is 18.0 Å². The zero-order valence-electron chi connectivity index (χ0n) is 12.7. The van der Waals surface area contributed by atoms with Crippen LogP contribution in [0.4, 0.5) is 24.7 Å². The minimum atomic E-state index is -4.57. The normalized spacial score (nSPS) is 11.2. The zero-order chi connectivity index (χ0) is 17.6. The third kappa shape index (κ3) is 4.66. The summed E-state index contributed by atoms with van der Waals surface area (Å²) in [6, 6.07) is 6.08. The molecule has 0 radical (unpaired) electrons. The first-order valence-corrected chi connectivity index (χ1v) is 6.94. The second-order valence-electron chi connectivity index (χ2n) is 4.71. The molecule has 24 heavy (non-hydrogen) atoms. The monoisotopic (exact) mass is 340 g/mol. The number of hydrogen-bond donors (Lipinski definition) is 2. The maximum Gasteiger partial charge on any atom is 0.418 e. The molecule has 0 bridgehead atoms. The summed E-state index contributed by atoms with van der Waals surface area (Å²) in [5.74, 6) is -0.389. The maximum atomic E-state index is 12.9. The molecule has 0 fully saturated rings. The van der Waals surface area contributed by atoms with Crippen molar-refractivity contribution in [2.24, 2.45) is 0 Å². The van der Waals surface area contributed by atoms with Crippen molar-refractivity contribution >= 4 is 17.4 Å². The van der Waals surface area contributed by atoms with Crippen molar-refractivity contribution in [3.63, 3.8) is 0 Å². The van der Waals surface area contributed by atoms with Crippen LogP contribution in [-0.4, -0.2) is 36.1 Å². The van der Waals surface area contributed by atoms with Crippen molar-refractivity contribution in [3.05, 3.63) is 47.9 Å². The Hall–Kier alpha value is -2.68. The molecule has 0 saturated heterocycles. The van der Waals surface area contributed by atoms with Gasteiger partial charge in [0, 0.05) is 19.7 Å². The minimum Gasteiger partial charge on any atom is -0.383 e. The highest BCUT2D eigenvalue weighted by atomic mass is 19.4. The van der Waals surface area contributed by atoms with E-state index in [0.717, 1.165) is 12.4 Å². The molecule has 0 unspecified atom stereocenters. The van der Waals surface area contributed by atoms with E-state index in [2.05, 4.69) is 20.6 Å². The lowest BCUT2D eigenvalue weighted by Gasteiger charge is -2.13. The highest BCUT2D eigenvalue weighted by Crippen LogP contribution is 2.34. The number of amides is 1. The fraction of sp³-hybridized carbons (Fsp3) is 0.267. The molecule has 0 spiro atoms. The Bertz CT molecular complexity index is 707. The molecule has 2 rings (SSSR count). The molecule has 2 N–H and O–H groups in total. The molecule has 128 valence electrons. The van der Waals surface area contributed by atoms with Crippen LogP contribution in [-0.2, 0) is 10.9 Å². The number of halogens is 3. The van der Waals surface area contributed by atoms with E-state index in [-0.39, 0.29) is 11.4 Å². The largest absolute Gasteiger partial charge is 0.418 e. The molecule has 1 aromatic carbocycles. The van der Waals surface area contributed by atoms with Gasteiger partial charge in [-0.15, -0.1) is 0 Å². The van der Waals surface area contributed by atoms with Gasteiger partial charge in [0.25, 0.3) is 5.91 Å². The number of carbonyl (C=O) groups excluding carboxylic acids is 1. The van der Waals surface area contributed by atoms with Crippen molar-refractivity contribution in [3.8, 4) is 0 Å². The lowest BCUT2D eigenvalue weighted by Crippen LogP contribution is -2.18. The minimum absolute atomic E-state index is 0.0538. The highest BCUT2D eigenvalue weighted by Gasteiger charge is 2.33. The Kier molecular flexibility index (Phi) is 5.69. The van der Waals surface area contributed by atoms with Gasteiger partial charge in [0.15, 0.2) is 0 Å². The summed E-state index contributed by atoms with van der Waals surface area (Å²) in [5.41, 5.74) is -1.31. The van der Waals surface area contributed by atoms with Crippen molar-refractivity contribution in [2.75, 3.05) is 30.9 Å². The second kappa shape index (κ2) is 7.73. The van der Waals surface area contributed by atoms with Crippen LogP contribution in [0.15, 0.2) is 36.7 Å². The van der Waals surface area contributed by atoms with Gasteiger partial charge in [-0.1, -0.05) is 12.1 Å². The lowest BCUT2D eigenvalue weighted by molar-refractivity contribution is -0.136. The van der Waals surface area contributed by atoms with E-state index in [1.165, 1.54) is 24.3 Å². The summed E-state index contributed by atoms with van der Waals surface area (Å²) >= 11 is 0. The Morgan fingerprint density at radius 1 is 1.25 bits per heavy atom. The third-order valence-corrected chi connectivity index (χ3v) is 2.99. The van der Waals surface area contributed by atoms with Gasteiger partial charge >= 0.3 is 6.18 Å². The lowest BCUT2D eigenvalue weighted by atomic mass is 10.1. The first kappa shape index (κ1) is 17.7. The molecule has 0 aliphatic carbocycles. The predicted octanol–water partition coefficient (Wildman–Crippen LogP) is 2.81. The van der Waals surface area contributed by atoms with E-state index in [0.29, 0.717) is 19.0 Å². The molecule has 2 aromatic rings. The summed E-state index contributed by atoms with van der Waals surface area (Å²) in [7, 11) is 1.54. The number of nitrogens with one attached hydrogen (secondary N) is 2. The fourth-order valence-corrected chi connectivity index (χ4v) is 1.88. The summed E-state index contributed by atoms with van der Waals surface area (Å²) < 4.78 is 43.7. The zero-order valence-corrected chi connectivity index (χ0v) is 12.7. The Balaban J connectivity index is 2.15. The number of para-hydroxylation sites is 1. The van der Waals surface area contributed by atoms with E-state index >= 15 is 0 Å². The number of hydrogen-bond acceptors (Lipinski definition) is 5. The van der Waals surface area contributed by atoms with Crippen LogP contribution in [0.5, 0.6) is 0 Å². The maximum absolute atomic E-state index is 12.9. The quantitative estimate of drug-likeness (QED) is 0.791. The standard InChI is InChI=1S/C15H15F3N4O2/c1-24-7-6-19-13-8-12(20-9-21-13)14(23)22-11-5-3-2-4-10(11)15(16,17)18/h2-5,8-9H,6-7H2,1H3,(H,22,23)(H,19,20,21). The number of benzene rings is 1. The van der Waals surface area contributed by atoms with Crippen LogP contribution >= 0.6 is 0 Å². The summed E-state index contributed by atoms with van der Waals surface area (Å²) in [6.45, 7) is 0.899. The number of alkyl halides is 3. The number of nitrogens with zero attached hydrogens (tertiary/aromatic N) is 2. The van der Waals surface area contributed by atoms with Gasteiger partial charge in [-0.05, 0) is 12.1 Å². The Morgan fingerprint density at radius 2 is 2.00 bits per heavy atom. The Labute approximate surface area is 136 Å². The molecular weight excluding hydrogens is 325 g/mol. The molecule has 0 saturated carbocycles.